The van der Waals surface area contributed by atoms with Crippen LogP contribution in [0.15, 0.2) is 53.4 Å². The van der Waals surface area contributed by atoms with Gasteiger partial charge in [-0.15, -0.1) is 11.8 Å². The first kappa shape index (κ1) is 15.6. The molecule has 1 aliphatic rings. The van der Waals surface area contributed by atoms with Gasteiger partial charge in [0.25, 0.3) is 0 Å². The molecular formula is C17H14FNO3S. The number of carbonyl (C=O) groups is 2. The van der Waals surface area contributed by atoms with E-state index in [4.69, 9.17) is 4.74 Å². The van der Waals surface area contributed by atoms with Gasteiger partial charge in [0.15, 0.2) is 0 Å². The van der Waals surface area contributed by atoms with Crippen molar-refractivity contribution in [2.45, 2.75) is 23.2 Å². The summed E-state index contributed by atoms with van der Waals surface area (Å²) in [4.78, 5) is 24.9. The molecule has 6 heteroatoms. The second kappa shape index (κ2) is 6.83. The molecule has 1 atom stereocenters. The summed E-state index contributed by atoms with van der Waals surface area (Å²) in [6.45, 7) is -0.00775. The molecule has 0 radical (unpaired) electrons. The molecule has 0 aliphatic carbocycles. The summed E-state index contributed by atoms with van der Waals surface area (Å²) < 4.78 is 18.2. The number of carbonyl (C=O) groups excluding carboxylic acids is 2. The SMILES string of the molecule is O=C(CC1Sc2ccccc2NC1=O)OCc1cccc(F)c1. The number of nitrogens with one attached hydrogen (secondary N) is 1. The summed E-state index contributed by atoms with van der Waals surface area (Å²) >= 11 is 1.34. The van der Waals surface area contributed by atoms with E-state index >= 15 is 0 Å². The molecule has 1 heterocycles. The van der Waals surface area contributed by atoms with Crippen molar-refractivity contribution >= 4 is 29.3 Å². The van der Waals surface area contributed by atoms with Crippen LogP contribution in [0.2, 0.25) is 0 Å². The Kier molecular flexibility index (Phi) is 4.62. The van der Waals surface area contributed by atoms with Crippen LogP contribution >= 0.6 is 11.8 Å². The zero-order chi connectivity index (χ0) is 16.2. The molecule has 3 rings (SSSR count). The fourth-order valence-electron chi connectivity index (χ4n) is 2.23. The predicted octanol–water partition coefficient (Wildman–Crippen LogP) is 3.37. The lowest BCUT2D eigenvalue weighted by Gasteiger charge is -2.23. The quantitative estimate of drug-likeness (QED) is 0.873. The maximum Gasteiger partial charge on any atom is 0.307 e. The molecular weight excluding hydrogens is 317 g/mol. The Labute approximate surface area is 137 Å². The van der Waals surface area contributed by atoms with E-state index in [0.29, 0.717) is 5.56 Å². The Bertz CT molecular complexity index is 750. The topological polar surface area (TPSA) is 55.4 Å². The number of thioether (sulfide) groups is 1. The zero-order valence-corrected chi connectivity index (χ0v) is 12.9. The van der Waals surface area contributed by atoms with Gasteiger partial charge in [-0.3, -0.25) is 9.59 Å². The average Bonchev–Trinajstić information content (AvgIpc) is 2.54. The van der Waals surface area contributed by atoms with Crippen molar-refractivity contribution in [3.05, 3.63) is 59.9 Å². The standard InChI is InChI=1S/C17H14FNO3S/c18-12-5-3-4-11(8-12)10-22-16(20)9-15-17(21)19-13-6-1-2-7-14(13)23-15/h1-8,15H,9-10H2,(H,19,21). The number of rotatable bonds is 4. The van der Waals surface area contributed by atoms with Crippen LogP contribution in [0.25, 0.3) is 0 Å². The van der Waals surface area contributed by atoms with E-state index in [-0.39, 0.29) is 24.8 Å². The van der Waals surface area contributed by atoms with Gasteiger partial charge in [0.1, 0.15) is 12.4 Å². The van der Waals surface area contributed by atoms with E-state index in [9.17, 15) is 14.0 Å². The zero-order valence-electron chi connectivity index (χ0n) is 12.1. The predicted molar refractivity (Wildman–Crippen MR) is 85.5 cm³/mol. The average molecular weight is 331 g/mol. The van der Waals surface area contributed by atoms with Crippen LogP contribution in [-0.4, -0.2) is 17.1 Å². The van der Waals surface area contributed by atoms with Gasteiger partial charge in [0.05, 0.1) is 17.4 Å². The molecule has 1 amide bonds. The van der Waals surface area contributed by atoms with E-state index in [1.165, 1.54) is 23.9 Å². The van der Waals surface area contributed by atoms with Crippen LogP contribution in [0.4, 0.5) is 10.1 Å². The van der Waals surface area contributed by atoms with Gasteiger partial charge < -0.3 is 10.1 Å². The highest BCUT2D eigenvalue weighted by Crippen LogP contribution is 2.36. The third-order valence-corrected chi connectivity index (χ3v) is 4.62. The molecule has 0 fully saturated rings. The van der Waals surface area contributed by atoms with Crippen molar-refractivity contribution in [2.24, 2.45) is 0 Å². The minimum Gasteiger partial charge on any atom is -0.461 e. The van der Waals surface area contributed by atoms with E-state index in [0.717, 1.165) is 10.6 Å². The van der Waals surface area contributed by atoms with Crippen molar-refractivity contribution in [3.8, 4) is 0 Å². The molecule has 0 saturated heterocycles. The lowest BCUT2D eigenvalue weighted by atomic mass is 10.2. The number of fused-ring (bicyclic) bond motifs is 1. The van der Waals surface area contributed by atoms with Crippen molar-refractivity contribution in [3.63, 3.8) is 0 Å². The molecule has 0 saturated carbocycles. The maximum absolute atomic E-state index is 13.1. The van der Waals surface area contributed by atoms with Gasteiger partial charge in [-0.2, -0.15) is 0 Å². The summed E-state index contributed by atoms with van der Waals surface area (Å²) in [5.74, 6) is -1.07. The Morgan fingerprint density at radius 1 is 1.22 bits per heavy atom. The third kappa shape index (κ3) is 3.90. The highest BCUT2D eigenvalue weighted by atomic mass is 32.2. The number of benzene rings is 2. The first-order chi connectivity index (χ1) is 11.1. The monoisotopic (exact) mass is 331 g/mol. The number of hydrogen-bond donors (Lipinski definition) is 1. The summed E-state index contributed by atoms with van der Waals surface area (Å²) in [6.07, 6.45) is -0.0276. The van der Waals surface area contributed by atoms with Gasteiger partial charge in [0.2, 0.25) is 5.91 Å². The molecule has 2 aromatic rings. The number of para-hydroxylation sites is 1. The summed E-state index contributed by atoms with van der Waals surface area (Å²) in [7, 11) is 0. The van der Waals surface area contributed by atoms with Gasteiger partial charge in [-0.25, -0.2) is 4.39 Å². The normalized spacial score (nSPS) is 16.4. The van der Waals surface area contributed by atoms with E-state index in [2.05, 4.69) is 5.32 Å². The minimum absolute atomic E-state index is 0.00775. The van der Waals surface area contributed by atoms with Crippen LogP contribution in [0.1, 0.15) is 12.0 Å². The smallest absolute Gasteiger partial charge is 0.307 e. The summed E-state index contributed by atoms with van der Waals surface area (Å²) in [6, 6.07) is 13.3. The van der Waals surface area contributed by atoms with Crippen molar-refractivity contribution < 1.29 is 18.7 Å². The van der Waals surface area contributed by atoms with E-state index < -0.39 is 11.2 Å². The molecule has 2 aromatic carbocycles. The number of hydrogen-bond acceptors (Lipinski definition) is 4. The van der Waals surface area contributed by atoms with Crippen molar-refractivity contribution in [1.82, 2.24) is 0 Å². The second-order valence-electron chi connectivity index (χ2n) is 5.09. The Hall–Kier alpha value is -2.34. The molecule has 0 spiro atoms. The van der Waals surface area contributed by atoms with E-state index in [1.807, 2.05) is 24.3 Å². The molecule has 0 aromatic heterocycles. The molecule has 1 N–H and O–H groups in total. The number of halogens is 1. The number of ether oxygens (including phenoxy) is 1. The number of anilines is 1. The van der Waals surface area contributed by atoms with Gasteiger partial charge in [-0.05, 0) is 29.8 Å². The molecule has 1 unspecified atom stereocenters. The Balaban J connectivity index is 1.57. The van der Waals surface area contributed by atoms with Gasteiger partial charge >= 0.3 is 5.97 Å². The van der Waals surface area contributed by atoms with Crippen molar-refractivity contribution in [1.29, 1.82) is 0 Å². The molecule has 0 bridgehead atoms. The fraction of sp³-hybridized carbons (Fsp3) is 0.176. The second-order valence-corrected chi connectivity index (χ2v) is 6.33. The Morgan fingerprint density at radius 3 is 2.87 bits per heavy atom. The van der Waals surface area contributed by atoms with Crippen molar-refractivity contribution in [2.75, 3.05) is 5.32 Å². The fourth-order valence-corrected chi connectivity index (χ4v) is 3.32. The Morgan fingerprint density at radius 2 is 2.04 bits per heavy atom. The van der Waals surface area contributed by atoms with Crippen LogP contribution in [0.5, 0.6) is 0 Å². The number of amides is 1. The number of esters is 1. The van der Waals surface area contributed by atoms with Crippen LogP contribution in [0, 0.1) is 5.82 Å². The largest absolute Gasteiger partial charge is 0.461 e. The lowest BCUT2D eigenvalue weighted by Crippen LogP contribution is -2.31. The highest BCUT2D eigenvalue weighted by Gasteiger charge is 2.29. The van der Waals surface area contributed by atoms with Gasteiger partial charge in [0, 0.05) is 4.90 Å². The maximum atomic E-state index is 13.1. The minimum atomic E-state index is -0.523. The summed E-state index contributed by atoms with van der Waals surface area (Å²) in [5, 5.41) is 2.26. The molecule has 23 heavy (non-hydrogen) atoms. The third-order valence-electron chi connectivity index (χ3n) is 3.35. The van der Waals surface area contributed by atoms with Gasteiger partial charge in [-0.1, -0.05) is 24.3 Å². The molecule has 118 valence electrons. The first-order valence-electron chi connectivity index (χ1n) is 7.08. The first-order valence-corrected chi connectivity index (χ1v) is 7.96. The van der Waals surface area contributed by atoms with Crippen LogP contribution in [0.3, 0.4) is 0 Å². The molecule has 1 aliphatic heterocycles. The van der Waals surface area contributed by atoms with Crippen LogP contribution in [-0.2, 0) is 20.9 Å². The highest BCUT2D eigenvalue weighted by molar-refractivity contribution is 8.01. The van der Waals surface area contributed by atoms with E-state index in [1.54, 1.807) is 12.1 Å². The molecule has 4 nitrogen and oxygen atoms in total. The van der Waals surface area contributed by atoms with Crippen LogP contribution < -0.4 is 5.32 Å². The lowest BCUT2D eigenvalue weighted by molar-refractivity contribution is -0.145. The summed E-state index contributed by atoms with van der Waals surface area (Å²) in [5.41, 5.74) is 1.33.